The van der Waals surface area contributed by atoms with Crippen LogP contribution in [0.15, 0.2) is 42.7 Å². The minimum Gasteiger partial charge on any atom is -0.462 e. The Labute approximate surface area is 249 Å². The maximum atomic E-state index is 14.0. The molecule has 5 atom stereocenters. The Bertz CT molecular complexity index is 1660. The van der Waals surface area contributed by atoms with Crippen LogP contribution in [0, 0.1) is 12.5 Å². The molecule has 2 saturated heterocycles. The van der Waals surface area contributed by atoms with Gasteiger partial charge in [0, 0.05) is 37.8 Å². The van der Waals surface area contributed by atoms with E-state index in [1.54, 1.807) is 0 Å². The number of piperazine rings is 1. The number of ether oxygens (including phenoxy) is 1. The van der Waals surface area contributed by atoms with E-state index in [1.807, 2.05) is 29.0 Å². The molecule has 2 unspecified atom stereocenters. The number of benzene rings is 1. The first kappa shape index (κ1) is 27.7. The maximum absolute atomic E-state index is 14.0. The van der Waals surface area contributed by atoms with Crippen LogP contribution in [0.1, 0.15) is 29.9 Å². The monoisotopic (exact) mass is 585 g/mol. The summed E-state index contributed by atoms with van der Waals surface area (Å²) in [5.74, 6) is 0.0811. The second-order valence-corrected chi connectivity index (χ2v) is 12.2. The number of nitrogens with zero attached hydrogens (tertiary/aromatic N) is 7. The number of anilines is 1. The van der Waals surface area contributed by atoms with Crippen molar-refractivity contribution in [2.24, 2.45) is 5.92 Å². The SMILES string of the molecule is [C-]#[N+]C[C@H]1CN(c2nc(OC[C@@H]3C[C@@H](F)CN3C)nc3nc(-c4cccc5c4C4CC4C5)ccc23)CCN1C(=O)C(=C)F. The average Bonchev–Trinajstić information content (AvgIpc) is 3.54. The Morgan fingerprint density at radius 3 is 2.77 bits per heavy atom. The molecule has 3 aromatic rings. The molecular weight excluding hydrogens is 552 g/mol. The number of halogens is 2. The number of hydrogen-bond donors (Lipinski definition) is 0. The zero-order valence-electron chi connectivity index (χ0n) is 24.0. The molecule has 43 heavy (non-hydrogen) atoms. The number of pyridine rings is 1. The lowest BCUT2D eigenvalue weighted by molar-refractivity contribution is -0.131. The summed E-state index contributed by atoms with van der Waals surface area (Å²) in [4.78, 5) is 35.8. The standard InChI is InChI=1S/C32H33F2N7O2/c1-18(33)31(42)41-10-9-40(16-23(41)14-35-2)30-25-7-8-27(24-6-4-5-19-11-20-12-26(20)28(19)24)36-29(25)37-32(38-30)43-17-22-13-21(34)15-39(22)3/h4-8,20-23,26H,1,9-17H2,3H3/t20?,21-,22+,23+,26?/m1/s1. The van der Waals surface area contributed by atoms with E-state index in [0.717, 1.165) is 23.6 Å². The number of rotatable bonds is 7. The van der Waals surface area contributed by atoms with Crippen LogP contribution in [0.5, 0.6) is 6.01 Å². The number of likely N-dealkylation sites (tertiary alicyclic amines) is 1. The molecule has 0 N–H and O–H groups in total. The molecular formula is C32H33F2N7O2. The molecule has 4 aliphatic rings. The fourth-order valence-electron chi connectivity index (χ4n) is 7.10. The minimum absolute atomic E-state index is 0.0178. The van der Waals surface area contributed by atoms with Gasteiger partial charge in [0.25, 0.3) is 5.91 Å². The molecule has 7 rings (SSSR count). The first-order valence-electron chi connectivity index (χ1n) is 14.8. The molecule has 1 saturated carbocycles. The van der Waals surface area contributed by atoms with Crippen LogP contribution in [0.4, 0.5) is 14.6 Å². The van der Waals surface area contributed by atoms with Gasteiger partial charge >= 0.3 is 6.01 Å². The van der Waals surface area contributed by atoms with E-state index in [9.17, 15) is 13.6 Å². The number of likely N-dealkylation sites (N-methyl/N-ethyl adjacent to an activating group) is 1. The van der Waals surface area contributed by atoms with Crippen molar-refractivity contribution in [3.8, 4) is 17.3 Å². The van der Waals surface area contributed by atoms with Crippen molar-refractivity contribution in [3.05, 3.63) is 65.3 Å². The van der Waals surface area contributed by atoms with Crippen molar-refractivity contribution in [1.82, 2.24) is 24.8 Å². The highest BCUT2D eigenvalue weighted by atomic mass is 19.1. The van der Waals surface area contributed by atoms with Crippen LogP contribution in [0.2, 0.25) is 0 Å². The number of aromatic nitrogens is 3. The lowest BCUT2D eigenvalue weighted by atomic mass is 9.97. The number of carbonyl (C=O) groups excluding carboxylic acids is 1. The van der Waals surface area contributed by atoms with Gasteiger partial charge in [-0.05, 0) is 61.4 Å². The Morgan fingerprint density at radius 1 is 1.14 bits per heavy atom. The number of fused-ring (bicyclic) bond motifs is 4. The Balaban J connectivity index is 1.25. The molecule has 2 aliphatic heterocycles. The third-order valence-corrected chi connectivity index (χ3v) is 9.39. The maximum Gasteiger partial charge on any atom is 0.320 e. The van der Waals surface area contributed by atoms with Crippen molar-refractivity contribution >= 4 is 22.8 Å². The molecule has 1 aromatic carbocycles. The lowest BCUT2D eigenvalue weighted by Gasteiger charge is -2.39. The minimum atomic E-state index is -1.04. The van der Waals surface area contributed by atoms with Crippen LogP contribution in [-0.2, 0) is 11.2 Å². The highest BCUT2D eigenvalue weighted by Gasteiger charge is 2.46. The van der Waals surface area contributed by atoms with E-state index in [0.29, 0.717) is 42.3 Å². The van der Waals surface area contributed by atoms with Crippen molar-refractivity contribution in [1.29, 1.82) is 0 Å². The van der Waals surface area contributed by atoms with Gasteiger partial charge < -0.3 is 19.4 Å². The molecule has 2 aliphatic carbocycles. The molecule has 2 aromatic heterocycles. The summed E-state index contributed by atoms with van der Waals surface area (Å²) < 4.78 is 33.9. The van der Waals surface area contributed by atoms with E-state index in [1.165, 1.54) is 22.4 Å². The Hall–Kier alpha value is -4.17. The molecule has 0 radical (unpaired) electrons. The van der Waals surface area contributed by atoms with Crippen LogP contribution < -0.4 is 9.64 Å². The fourth-order valence-corrected chi connectivity index (χ4v) is 7.10. The number of alkyl halides is 1. The molecule has 3 fully saturated rings. The van der Waals surface area contributed by atoms with Crippen molar-refractivity contribution in [2.75, 3.05) is 51.3 Å². The normalized spacial score (nSPS) is 26.2. The molecule has 0 spiro atoms. The van der Waals surface area contributed by atoms with E-state index in [4.69, 9.17) is 26.3 Å². The summed E-state index contributed by atoms with van der Waals surface area (Å²) in [6, 6.07) is 9.90. The summed E-state index contributed by atoms with van der Waals surface area (Å²) in [5.41, 5.74) is 5.23. The van der Waals surface area contributed by atoms with Crippen molar-refractivity contribution in [2.45, 2.75) is 43.4 Å². The smallest absolute Gasteiger partial charge is 0.320 e. The van der Waals surface area contributed by atoms with E-state index in [2.05, 4.69) is 29.6 Å². The molecule has 1 amide bonds. The lowest BCUT2D eigenvalue weighted by Crippen LogP contribution is -2.56. The molecule has 4 heterocycles. The average molecular weight is 586 g/mol. The summed E-state index contributed by atoms with van der Waals surface area (Å²) in [7, 11) is 1.88. The predicted molar refractivity (Wildman–Crippen MR) is 158 cm³/mol. The van der Waals surface area contributed by atoms with Crippen molar-refractivity contribution < 1.29 is 18.3 Å². The van der Waals surface area contributed by atoms with Gasteiger partial charge in [-0.25, -0.2) is 20.3 Å². The van der Waals surface area contributed by atoms with Gasteiger partial charge in [0.15, 0.2) is 11.5 Å². The quantitative estimate of drug-likeness (QED) is 0.304. The fraction of sp³-hybridized carbons (Fsp3) is 0.469. The summed E-state index contributed by atoms with van der Waals surface area (Å²) in [5, 5.41) is 0.714. The molecule has 222 valence electrons. The summed E-state index contributed by atoms with van der Waals surface area (Å²) >= 11 is 0. The van der Waals surface area contributed by atoms with Crippen LogP contribution in [-0.4, -0.2) is 95.3 Å². The zero-order valence-corrected chi connectivity index (χ0v) is 24.0. The number of amides is 1. The topological polar surface area (TPSA) is 79.1 Å². The molecule has 9 nitrogen and oxygen atoms in total. The van der Waals surface area contributed by atoms with E-state index in [-0.39, 0.29) is 38.3 Å². The van der Waals surface area contributed by atoms with Gasteiger partial charge in [-0.1, -0.05) is 24.8 Å². The Morgan fingerprint density at radius 2 is 2.00 bits per heavy atom. The first-order valence-corrected chi connectivity index (χ1v) is 14.8. The summed E-state index contributed by atoms with van der Waals surface area (Å²) in [6.07, 6.45) is 1.84. The van der Waals surface area contributed by atoms with Crippen molar-refractivity contribution in [3.63, 3.8) is 0 Å². The second kappa shape index (κ2) is 10.8. The highest BCUT2D eigenvalue weighted by Crippen LogP contribution is 2.58. The predicted octanol–water partition coefficient (Wildman–Crippen LogP) is 4.19. The second-order valence-electron chi connectivity index (χ2n) is 12.2. The zero-order chi connectivity index (χ0) is 29.8. The Kier molecular flexibility index (Phi) is 6.96. The third kappa shape index (κ3) is 5.07. The van der Waals surface area contributed by atoms with Crippen LogP contribution in [0.3, 0.4) is 0 Å². The van der Waals surface area contributed by atoms with E-state index < -0.39 is 23.9 Å². The summed E-state index contributed by atoms with van der Waals surface area (Å²) in [6.45, 7) is 12.0. The first-order chi connectivity index (χ1) is 20.8. The van der Waals surface area contributed by atoms with Gasteiger partial charge in [-0.15, -0.1) is 0 Å². The van der Waals surface area contributed by atoms with Gasteiger partial charge in [-0.3, -0.25) is 9.69 Å². The van der Waals surface area contributed by atoms with Crippen LogP contribution >= 0.6 is 0 Å². The molecule has 0 bridgehead atoms. The van der Waals surface area contributed by atoms with Gasteiger partial charge in [0.1, 0.15) is 24.6 Å². The van der Waals surface area contributed by atoms with Crippen LogP contribution in [0.25, 0.3) is 27.1 Å². The van der Waals surface area contributed by atoms with Gasteiger partial charge in [0.05, 0.1) is 11.1 Å². The van der Waals surface area contributed by atoms with Gasteiger partial charge in [-0.2, -0.15) is 9.97 Å². The molecule has 11 heteroatoms. The van der Waals surface area contributed by atoms with E-state index >= 15 is 0 Å². The number of hydrogen-bond acceptors (Lipinski definition) is 7. The van der Waals surface area contributed by atoms with Gasteiger partial charge in [0.2, 0.25) is 6.54 Å². The number of carbonyl (C=O) groups is 1. The largest absolute Gasteiger partial charge is 0.462 e. The highest BCUT2D eigenvalue weighted by molar-refractivity contribution is 5.92. The third-order valence-electron chi connectivity index (χ3n) is 9.39.